The fourth-order valence-electron chi connectivity index (χ4n) is 2.54. The lowest BCUT2D eigenvalue weighted by Gasteiger charge is -2.16. The van der Waals surface area contributed by atoms with Crippen molar-refractivity contribution in [2.75, 3.05) is 26.3 Å². The molecule has 2 N–H and O–H groups in total. The summed E-state index contributed by atoms with van der Waals surface area (Å²) in [5.74, 6) is 0.922. The summed E-state index contributed by atoms with van der Waals surface area (Å²) >= 11 is 0. The van der Waals surface area contributed by atoms with Crippen molar-refractivity contribution in [2.45, 2.75) is 38.6 Å². The first-order chi connectivity index (χ1) is 11.4. The number of nitrogens with one attached hydrogen (secondary N) is 2. The van der Waals surface area contributed by atoms with Crippen LogP contribution in [0.15, 0.2) is 47.5 Å². The normalized spacial score (nSPS) is 15.1. The summed E-state index contributed by atoms with van der Waals surface area (Å²) < 4.78 is 5.69. The maximum Gasteiger partial charge on any atom is 0.191 e. The number of guanidine groups is 1. The van der Waals surface area contributed by atoms with Crippen LogP contribution in [0.25, 0.3) is 0 Å². The molecular formula is C19H29N3O. The van der Waals surface area contributed by atoms with Crippen molar-refractivity contribution in [1.29, 1.82) is 0 Å². The molecule has 0 bridgehead atoms. The summed E-state index contributed by atoms with van der Waals surface area (Å²) in [5, 5.41) is 6.78. The van der Waals surface area contributed by atoms with E-state index in [1.165, 1.54) is 5.56 Å². The van der Waals surface area contributed by atoms with Crippen molar-refractivity contribution in [2.24, 2.45) is 4.99 Å². The molecule has 0 saturated heterocycles. The Morgan fingerprint density at radius 2 is 1.96 bits per heavy atom. The monoisotopic (exact) mass is 315 g/mol. The topological polar surface area (TPSA) is 45.7 Å². The van der Waals surface area contributed by atoms with Gasteiger partial charge in [-0.15, -0.1) is 0 Å². The third kappa shape index (κ3) is 7.33. The highest BCUT2D eigenvalue weighted by Gasteiger charge is 2.11. The Bertz CT molecular complexity index is 477. The fraction of sp³-hybridized carbons (Fsp3) is 0.526. The van der Waals surface area contributed by atoms with Crippen LogP contribution in [0, 0.1) is 0 Å². The molecule has 0 aliphatic heterocycles. The van der Waals surface area contributed by atoms with Gasteiger partial charge in [0.25, 0.3) is 0 Å². The van der Waals surface area contributed by atoms with Gasteiger partial charge < -0.3 is 15.4 Å². The smallest absolute Gasteiger partial charge is 0.191 e. The molecule has 0 heterocycles. The largest absolute Gasteiger partial charge is 0.381 e. The van der Waals surface area contributed by atoms with E-state index in [0.29, 0.717) is 6.04 Å². The van der Waals surface area contributed by atoms with E-state index in [4.69, 9.17) is 4.74 Å². The van der Waals surface area contributed by atoms with E-state index < -0.39 is 0 Å². The van der Waals surface area contributed by atoms with E-state index in [9.17, 15) is 0 Å². The minimum atomic E-state index is 0.495. The highest BCUT2D eigenvalue weighted by molar-refractivity contribution is 5.80. The predicted octanol–water partition coefficient (Wildman–Crippen LogP) is 2.91. The molecular weight excluding hydrogens is 286 g/mol. The molecule has 0 radical (unpaired) electrons. The Labute approximate surface area is 140 Å². The van der Waals surface area contributed by atoms with Gasteiger partial charge in [0.05, 0.1) is 6.61 Å². The zero-order valence-corrected chi connectivity index (χ0v) is 14.1. The number of ether oxygens (including phenoxy) is 1. The third-order valence-corrected chi connectivity index (χ3v) is 3.79. The molecule has 0 saturated carbocycles. The first-order valence-corrected chi connectivity index (χ1v) is 8.70. The summed E-state index contributed by atoms with van der Waals surface area (Å²) in [4.78, 5) is 4.62. The third-order valence-electron chi connectivity index (χ3n) is 3.79. The number of aliphatic imine (C=N–C) groups is 1. The highest BCUT2D eigenvalue weighted by atomic mass is 16.5. The molecule has 23 heavy (non-hydrogen) atoms. The van der Waals surface area contributed by atoms with Crippen molar-refractivity contribution in [3.63, 3.8) is 0 Å². The van der Waals surface area contributed by atoms with E-state index in [1.54, 1.807) is 0 Å². The van der Waals surface area contributed by atoms with Crippen molar-refractivity contribution < 1.29 is 4.74 Å². The SMILES string of the molecule is CCNC(=NCCCOCCc1ccccc1)NC1CC=CC1. The average Bonchev–Trinajstić information content (AvgIpc) is 3.08. The number of hydrogen-bond donors (Lipinski definition) is 2. The summed E-state index contributed by atoms with van der Waals surface area (Å²) in [5.41, 5.74) is 1.33. The number of hydrogen-bond acceptors (Lipinski definition) is 2. The quantitative estimate of drug-likeness (QED) is 0.319. The van der Waals surface area contributed by atoms with Crippen molar-refractivity contribution in [3.8, 4) is 0 Å². The van der Waals surface area contributed by atoms with E-state index in [2.05, 4.69) is 59.0 Å². The molecule has 4 heteroatoms. The van der Waals surface area contributed by atoms with Crippen LogP contribution in [-0.2, 0) is 11.2 Å². The van der Waals surface area contributed by atoms with Crippen molar-refractivity contribution in [1.82, 2.24) is 10.6 Å². The van der Waals surface area contributed by atoms with Gasteiger partial charge in [-0.1, -0.05) is 42.5 Å². The van der Waals surface area contributed by atoms with Crippen LogP contribution in [0.4, 0.5) is 0 Å². The molecule has 0 atom stereocenters. The molecule has 4 nitrogen and oxygen atoms in total. The minimum Gasteiger partial charge on any atom is -0.381 e. The van der Waals surface area contributed by atoms with Crippen molar-refractivity contribution >= 4 is 5.96 Å². The molecule has 126 valence electrons. The number of nitrogens with zero attached hydrogens (tertiary/aromatic N) is 1. The van der Waals surface area contributed by atoms with Gasteiger partial charge in [-0.25, -0.2) is 0 Å². The van der Waals surface area contributed by atoms with E-state index >= 15 is 0 Å². The zero-order chi connectivity index (χ0) is 16.2. The van der Waals surface area contributed by atoms with E-state index in [0.717, 1.165) is 57.9 Å². The minimum absolute atomic E-state index is 0.495. The Morgan fingerprint density at radius 3 is 2.70 bits per heavy atom. The van der Waals surface area contributed by atoms with Crippen molar-refractivity contribution in [3.05, 3.63) is 48.0 Å². The maximum atomic E-state index is 5.69. The summed E-state index contributed by atoms with van der Waals surface area (Å²) in [6.07, 6.45) is 8.56. The lowest BCUT2D eigenvalue weighted by atomic mass is 10.2. The van der Waals surface area contributed by atoms with Gasteiger partial charge in [-0.3, -0.25) is 4.99 Å². The first kappa shape index (κ1) is 17.5. The van der Waals surface area contributed by atoms with Gasteiger partial charge in [0.1, 0.15) is 0 Å². The van der Waals surface area contributed by atoms with Gasteiger partial charge in [-0.05, 0) is 38.2 Å². The van der Waals surface area contributed by atoms with Crippen LogP contribution in [0.2, 0.25) is 0 Å². The van der Waals surface area contributed by atoms with Crippen LogP contribution in [0.3, 0.4) is 0 Å². The van der Waals surface area contributed by atoms with Crippen LogP contribution in [0.5, 0.6) is 0 Å². The Morgan fingerprint density at radius 1 is 1.17 bits per heavy atom. The van der Waals surface area contributed by atoms with Gasteiger partial charge >= 0.3 is 0 Å². The molecule has 1 aromatic rings. The molecule has 1 aliphatic rings. The second kappa shape index (κ2) is 10.8. The lowest BCUT2D eigenvalue weighted by Crippen LogP contribution is -2.42. The average molecular weight is 315 g/mol. The van der Waals surface area contributed by atoms with Crippen LogP contribution >= 0.6 is 0 Å². The number of benzene rings is 1. The molecule has 0 fully saturated rings. The zero-order valence-electron chi connectivity index (χ0n) is 14.1. The summed E-state index contributed by atoms with van der Waals surface area (Å²) in [6, 6.07) is 11.0. The summed E-state index contributed by atoms with van der Waals surface area (Å²) in [6.45, 7) is 5.32. The molecule has 0 unspecified atom stereocenters. The number of rotatable bonds is 9. The summed E-state index contributed by atoms with van der Waals surface area (Å²) in [7, 11) is 0. The molecule has 0 aromatic heterocycles. The van der Waals surface area contributed by atoms with E-state index in [1.807, 2.05) is 6.07 Å². The lowest BCUT2D eigenvalue weighted by molar-refractivity contribution is 0.136. The maximum absolute atomic E-state index is 5.69. The molecule has 0 amide bonds. The Kier molecular flexibility index (Phi) is 8.27. The predicted molar refractivity (Wildman–Crippen MR) is 96.9 cm³/mol. The van der Waals surface area contributed by atoms with Crippen LogP contribution < -0.4 is 10.6 Å². The molecule has 2 rings (SSSR count). The first-order valence-electron chi connectivity index (χ1n) is 8.70. The van der Waals surface area contributed by atoms with Gasteiger partial charge in [0, 0.05) is 25.7 Å². The second-order valence-electron chi connectivity index (χ2n) is 5.75. The molecule has 1 aliphatic carbocycles. The van der Waals surface area contributed by atoms with Crippen LogP contribution in [0.1, 0.15) is 31.7 Å². The molecule has 0 spiro atoms. The highest BCUT2D eigenvalue weighted by Crippen LogP contribution is 2.08. The fourth-order valence-corrected chi connectivity index (χ4v) is 2.54. The Hall–Kier alpha value is -1.81. The van der Waals surface area contributed by atoms with E-state index in [-0.39, 0.29) is 0 Å². The van der Waals surface area contributed by atoms with Gasteiger partial charge in [0.15, 0.2) is 5.96 Å². The second-order valence-corrected chi connectivity index (χ2v) is 5.75. The molecule has 1 aromatic carbocycles. The van der Waals surface area contributed by atoms with Crippen LogP contribution in [-0.4, -0.2) is 38.3 Å². The van der Waals surface area contributed by atoms with Gasteiger partial charge in [-0.2, -0.15) is 0 Å². The standard InChI is InChI=1S/C19H29N3O/c1-2-20-19(22-18-11-6-7-12-18)21-14-8-15-23-16-13-17-9-4-3-5-10-17/h3-7,9-10,18H,2,8,11-16H2,1H3,(H2,20,21,22). The Balaban J connectivity index is 1.56. The van der Waals surface area contributed by atoms with Gasteiger partial charge in [0.2, 0.25) is 0 Å².